The van der Waals surface area contributed by atoms with Crippen LogP contribution in [-0.2, 0) is 4.79 Å². The SMILES string of the molecule is CCCCCCC(CCC)C(=O)N1CC2CN(CCCC(CCC)CCCCC)CC2C1. The Balaban J connectivity index is 1.69. The minimum Gasteiger partial charge on any atom is -0.342 e. The van der Waals surface area contributed by atoms with Crippen LogP contribution in [0.15, 0.2) is 0 Å². The third-order valence-corrected chi connectivity index (χ3v) is 8.27. The Morgan fingerprint density at radius 3 is 1.88 bits per heavy atom. The molecule has 0 radical (unpaired) electrons. The van der Waals surface area contributed by atoms with Crippen LogP contribution >= 0.6 is 0 Å². The number of fused-ring (bicyclic) bond motifs is 1. The second-order valence-electron chi connectivity index (χ2n) is 11.2. The summed E-state index contributed by atoms with van der Waals surface area (Å²) in [5.41, 5.74) is 0. The number of carbonyl (C=O) groups excluding carboxylic acids is 1. The van der Waals surface area contributed by atoms with Crippen molar-refractivity contribution in [3.05, 3.63) is 0 Å². The van der Waals surface area contributed by atoms with E-state index in [9.17, 15) is 4.79 Å². The molecule has 0 aromatic heterocycles. The Morgan fingerprint density at radius 2 is 1.25 bits per heavy atom. The molecule has 0 spiro atoms. The van der Waals surface area contributed by atoms with Gasteiger partial charge in [0, 0.05) is 32.1 Å². The minimum absolute atomic E-state index is 0.287. The predicted octanol–water partition coefficient (Wildman–Crippen LogP) is 7.54. The summed E-state index contributed by atoms with van der Waals surface area (Å²) in [5, 5.41) is 0. The first-order valence-corrected chi connectivity index (χ1v) is 14.6. The van der Waals surface area contributed by atoms with Crippen molar-refractivity contribution in [2.75, 3.05) is 32.7 Å². The Labute approximate surface area is 201 Å². The largest absolute Gasteiger partial charge is 0.342 e. The number of amides is 1. The fourth-order valence-corrected chi connectivity index (χ4v) is 6.40. The molecule has 2 saturated heterocycles. The summed E-state index contributed by atoms with van der Waals surface area (Å²) in [7, 11) is 0. The summed E-state index contributed by atoms with van der Waals surface area (Å²) < 4.78 is 0. The summed E-state index contributed by atoms with van der Waals surface area (Å²) in [6, 6.07) is 0. The summed E-state index contributed by atoms with van der Waals surface area (Å²) in [5.74, 6) is 3.19. The molecule has 2 rings (SSSR count). The van der Waals surface area contributed by atoms with E-state index in [0.29, 0.717) is 5.91 Å². The highest BCUT2D eigenvalue weighted by atomic mass is 16.2. The van der Waals surface area contributed by atoms with E-state index in [1.54, 1.807) is 0 Å². The standard InChI is InChI=1S/C29H56N2O/c1-5-9-11-13-19-26(16-8-4)29(32)31-23-27-21-30(22-28(27)24-31)20-14-18-25(15-7-3)17-12-10-6-2/h25-28H,5-24H2,1-4H3. The topological polar surface area (TPSA) is 23.6 Å². The molecule has 2 fully saturated rings. The molecule has 4 atom stereocenters. The van der Waals surface area contributed by atoms with Crippen LogP contribution < -0.4 is 0 Å². The van der Waals surface area contributed by atoms with E-state index < -0.39 is 0 Å². The lowest BCUT2D eigenvalue weighted by Gasteiger charge is -2.26. The Kier molecular flexibility index (Phi) is 13.9. The number of hydrogen-bond acceptors (Lipinski definition) is 2. The van der Waals surface area contributed by atoms with Crippen LogP contribution in [0.25, 0.3) is 0 Å². The van der Waals surface area contributed by atoms with E-state index in [4.69, 9.17) is 0 Å². The second kappa shape index (κ2) is 16.1. The maximum Gasteiger partial charge on any atom is 0.225 e. The van der Waals surface area contributed by atoms with Crippen molar-refractivity contribution in [1.29, 1.82) is 0 Å². The lowest BCUT2D eigenvalue weighted by atomic mass is 9.92. The van der Waals surface area contributed by atoms with Crippen molar-refractivity contribution in [1.82, 2.24) is 9.80 Å². The Morgan fingerprint density at radius 1 is 0.656 bits per heavy atom. The third-order valence-electron chi connectivity index (χ3n) is 8.27. The summed E-state index contributed by atoms with van der Waals surface area (Å²) in [4.78, 5) is 18.2. The number of likely N-dealkylation sites (tertiary alicyclic amines) is 2. The first-order valence-electron chi connectivity index (χ1n) is 14.6. The average Bonchev–Trinajstić information content (AvgIpc) is 3.34. The molecule has 2 aliphatic heterocycles. The summed E-state index contributed by atoms with van der Waals surface area (Å²) >= 11 is 0. The van der Waals surface area contributed by atoms with Crippen molar-refractivity contribution in [3.63, 3.8) is 0 Å². The van der Waals surface area contributed by atoms with Gasteiger partial charge in [0.2, 0.25) is 5.91 Å². The van der Waals surface area contributed by atoms with Crippen LogP contribution in [0.4, 0.5) is 0 Å². The van der Waals surface area contributed by atoms with Crippen molar-refractivity contribution in [2.45, 2.75) is 124 Å². The lowest BCUT2D eigenvalue weighted by Crippen LogP contribution is -2.37. The summed E-state index contributed by atoms with van der Waals surface area (Å²) in [6.45, 7) is 15.0. The maximum absolute atomic E-state index is 13.2. The van der Waals surface area contributed by atoms with Crippen LogP contribution in [0.1, 0.15) is 124 Å². The van der Waals surface area contributed by atoms with Gasteiger partial charge in [-0.1, -0.05) is 98.3 Å². The second-order valence-corrected chi connectivity index (χ2v) is 11.2. The van der Waals surface area contributed by atoms with Crippen molar-refractivity contribution < 1.29 is 4.79 Å². The number of hydrogen-bond donors (Lipinski definition) is 0. The first-order chi connectivity index (χ1) is 15.6. The molecule has 188 valence electrons. The normalized spacial score (nSPS) is 22.9. The molecule has 3 nitrogen and oxygen atoms in total. The molecule has 0 N–H and O–H groups in total. The highest BCUT2D eigenvalue weighted by Gasteiger charge is 2.42. The number of carbonyl (C=O) groups is 1. The van der Waals surface area contributed by atoms with Gasteiger partial charge in [-0.3, -0.25) is 4.79 Å². The predicted molar refractivity (Wildman–Crippen MR) is 139 cm³/mol. The lowest BCUT2D eigenvalue weighted by molar-refractivity contribution is -0.135. The van der Waals surface area contributed by atoms with Crippen LogP contribution in [0.3, 0.4) is 0 Å². The van der Waals surface area contributed by atoms with E-state index in [-0.39, 0.29) is 5.92 Å². The molecule has 2 aliphatic rings. The van der Waals surface area contributed by atoms with E-state index >= 15 is 0 Å². The van der Waals surface area contributed by atoms with E-state index in [1.165, 1.54) is 96.7 Å². The van der Waals surface area contributed by atoms with E-state index in [1.807, 2.05) is 0 Å². The smallest absolute Gasteiger partial charge is 0.225 e. The van der Waals surface area contributed by atoms with Crippen LogP contribution in [0.2, 0.25) is 0 Å². The van der Waals surface area contributed by atoms with Gasteiger partial charge in [-0.15, -0.1) is 0 Å². The highest BCUT2D eigenvalue weighted by molar-refractivity contribution is 5.79. The molecule has 1 amide bonds. The van der Waals surface area contributed by atoms with Gasteiger partial charge in [0.05, 0.1) is 0 Å². The van der Waals surface area contributed by atoms with E-state index in [2.05, 4.69) is 37.5 Å². The number of rotatable bonds is 18. The van der Waals surface area contributed by atoms with Crippen LogP contribution in [0.5, 0.6) is 0 Å². The zero-order valence-corrected chi connectivity index (χ0v) is 22.3. The first kappa shape index (κ1) is 27.7. The molecule has 0 bridgehead atoms. The van der Waals surface area contributed by atoms with Crippen LogP contribution in [-0.4, -0.2) is 48.4 Å². The van der Waals surface area contributed by atoms with Gasteiger partial charge in [-0.2, -0.15) is 0 Å². The van der Waals surface area contributed by atoms with Gasteiger partial charge >= 0.3 is 0 Å². The zero-order valence-electron chi connectivity index (χ0n) is 22.3. The fraction of sp³-hybridized carbons (Fsp3) is 0.966. The average molecular weight is 449 g/mol. The number of unbranched alkanes of at least 4 members (excludes halogenated alkanes) is 5. The van der Waals surface area contributed by atoms with E-state index in [0.717, 1.165) is 50.1 Å². The zero-order chi connectivity index (χ0) is 23.2. The van der Waals surface area contributed by atoms with Gasteiger partial charge in [0.15, 0.2) is 0 Å². The van der Waals surface area contributed by atoms with Gasteiger partial charge < -0.3 is 9.80 Å². The minimum atomic E-state index is 0.287. The molecule has 0 aromatic carbocycles. The molecular formula is C29H56N2O. The van der Waals surface area contributed by atoms with Gasteiger partial charge in [0.25, 0.3) is 0 Å². The monoisotopic (exact) mass is 448 g/mol. The molecule has 3 heteroatoms. The molecule has 0 aromatic rings. The molecular weight excluding hydrogens is 392 g/mol. The fourth-order valence-electron chi connectivity index (χ4n) is 6.40. The molecule has 0 aliphatic carbocycles. The summed E-state index contributed by atoms with van der Waals surface area (Å²) in [6.07, 6.45) is 19.6. The maximum atomic E-state index is 13.2. The third kappa shape index (κ3) is 9.35. The molecule has 4 unspecified atom stereocenters. The van der Waals surface area contributed by atoms with Gasteiger partial charge in [-0.25, -0.2) is 0 Å². The van der Waals surface area contributed by atoms with Crippen molar-refractivity contribution in [2.24, 2.45) is 23.7 Å². The highest BCUT2D eigenvalue weighted by Crippen LogP contribution is 2.33. The quantitative estimate of drug-likeness (QED) is 0.202. The van der Waals surface area contributed by atoms with Crippen molar-refractivity contribution in [3.8, 4) is 0 Å². The Hall–Kier alpha value is -0.570. The molecule has 32 heavy (non-hydrogen) atoms. The van der Waals surface area contributed by atoms with Crippen molar-refractivity contribution >= 4 is 5.91 Å². The molecule has 2 heterocycles. The molecule has 0 saturated carbocycles. The number of nitrogens with zero attached hydrogens (tertiary/aromatic N) is 2. The Bertz CT molecular complexity index is 480. The van der Waals surface area contributed by atoms with Crippen LogP contribution in [0, 0.1) is 23.7 Å². The van der Waals surface area contributed by atoms with Gasteiger partial charge in [-0.05, 0) is 50.0 Å². The van der Waals surface area contributed by atoms with Gasteiger partial charge in [0.1, 0.15) is 0 Å².